The van der Waals surface area contributed by atoms with E-state index in [-0.39, 0.29) is 11.9 Å². The van der Waals surface area contributed by atoms with Gasteiger partial charge in [-0.15, -0.1) is 5.92 Å². The van der Waals surface area contributed by atoms with E-state index in [4.69, 9.17) is 0 Å². The van der Waals surface area contributed by atoms with Crippen molar-refractivity contribution in [2.24, 2.45) is 0 Å². The molecule has 0 radical (unpaired) electrons. The first-order chi connectivity index (χ1) is 7.27. The molecule has 0 amide bonds. The van der Waals surface area contributed by atoms with Gasteiger partial charge in [-0.1, -0.05) is 36.3 Å². The first-order valence-electron chi connectivity index (χ1n) is 4.82. The van der Waals surface area contributed by atoms with Crippen LogP contribution in [0.1, 0.15) is 24.8 Å². The Bertz CT molecular complexity index is 371. The van der Waals surface area contributed by atoms with Gasteiger partial charge >= 0.3 is 5.97 Å². The smallest absolute Gasteiger partial charge is 0.307 e. The monoisotopic (exact) mass is 202 g/mol. The molecule has 0 aliphatic heterocycles. The molecule has 0 heterocycles. The number of esters is 1. The Balaban J connectivity index is 2.82. The second-order valence-corrected chi connectivity index (χ2v) is 3.14. The van der Waals surface area contributed by atoms with Crippen molar-refractivity contribution < 1.29 is 9.53 Å². The van der Waals surface area contributed by atoms with Crippen LogP contribution in [-0.2, 0) is 9.53 Å². The summed E-state index contributed by atoms with van der Waals surface area (Å²) >= 11 is 0. The molecule has 1 aromatic carbocycles. The summed E-state index contributed by atoms with van der Waals surface area (Å²) in [6.45, 7) is 1.77. The van der Waals surface area contributed by atoms with E-state index in [1.54, 1.807) is 6.92 Å². The van der Waals surface area contributed by atoms with E-state index in [1.165, 1.54) is 7.11 Å². The highest BCUT2D eigenvalue weighted by molar-refractivity contribution is 5.71. The van der Waals surface area contributed by atoms with E-state index in [9.17, 15) is 4.79 Å². The van der Waals surface area contributed by atoms with E-state index >= 15 is 0 Å². The molecule has 0 aromatic heterocycles. The first-order valence-corrected chi connectivity index (χ1v) is 4.82. The van der Waals surface area contributed by atoms with Crippen LogP contribution >= 0.6 is 0 Å². The van der Waals surface area contributed by atoms with Crippen LogP contribution in [0.25, 0.3) is 0 Å². The zero-order valence-electron chi connectivity index (χ0n) is 8.99. The van der Waals surface area contributed by atoms with Crippen LogP contribution in [0.4, 0.5) is 0 Å². The van der Waals surface area contributed by atoms with Gasteiger partial charge in [0.05, 0.1) is 19.4 Å². The normalized spacial score (nSPS) is 11.1. The molecule has 2 nitrogen and oxygen atoms in total. The van der Waals surface area contributed by atoms with Gasteiger partial charge in [-0.2, -0.15) is 0 Å². The van der Waals surface area contributed by atoms with Gasteiger partial charge in [-0.05, 0) is 12.5 Å². The molecular formula is C13H14O2. The van der Waals surface area contributed by atoms with Crippen LogP contribution in [-0.4, -0.2) is 13.1 Å². The summed E-state index contributed by atoms with van der Waals surface area (Å²) in [7, 11) is 1.39. The molecule has 0 bridgehead atoms. The van der Waals surface area contributed by atoms with Gasteiger partial charge in [0.2, 0.25) is 0 Å². The van der Waals surface area contributed by atoms with Crippen molar-refractivity contribution in [3.05, 3.63) is 35.9 Å². The van der Waals surface area contributed by atoms with Crippen LogP contribution in [0.5, 0.6) is 0 Å². The Hall–Kier alpha value is -1.75. The highest BCUT2D eigenvalue weighted by Gasteiger charge is 2.13. The van der Waals surface area contributed by atoms with Crippen LogP contribution < -0.4 is 0 Å². The summed E-state index contributed by atoms with van der Waals surface area (Å²) in [4.78, 5) is 11.2. The zero-order valence-corrected chi connectivity index (χ0v) is 8.99. The van der Waals surface area contributed by atoms with E-state index in [2.05, 4.69) is 16.6 Å². The molecule has 78 valence electrons. The van der Waals surface area contributed by atoms with E-state index in [1.807, 2.05) is 30.3 Å². The van der Waals surface area contributed by atoms with Crippen molar-refractivity contribution in [2.45, 2.75) is 19.3 Å². The molecule has 15 heavy (non-hydrogen) atoms. The maximum Gasteiger partial charge on any atom is 0.307 e. The number of methoxy groups -OCH3 is 1. The maximum atomic E-state index is 11.2. The van der Waals surface area contributed by atoms with Crippen molar-refractivity contribution >= 4 is 5.97 Å². The second-order valence-electron chi connectivity index (χ2n) is 3.14. The summed E-state index contributed by atoms with van der Waals surface area (Å²) in [5, 5.41) is 0. The second kappa shape index (κ2) is 5.87. The third-order valence-electron chi connectivity index (χ3n) is 2.12. The summed E-state index contributed by atoms with van der Waals surface area (Å²) in [5.74, 6) is 5.56. The van der Waals surface area contributed by atoms with Crippen molar-refractivity contribution in [3.8, 4) is 11.8 Å². The minimum Gasteiger partial charge on any atom is -0.469 e. The molecule has 0 spiro atoms. The minimum atomic E-state index is -0.230. The number of ether oxygens (including phenoxy) is 1. The molecule has 0 saturated carbocycles. The Morgan fingerprint density at radius 3 is 2.60 bits per heavy atom. The Labute approximate surface area is 90.3 Å². The molecule has 1 atom stereocenters. The van der Waals surface area contributed by atoms with Gasteiger partial charge in [0.25, 0.3) is 0 Å². The lowest BCUT2D eigenvalue weighted by Gasteiger charge is -2.09. The van der Waals surface area contributed by atoms with Crippen LogP contribution in [0.15, 0.2) is 30.3 Å². The van der Waals surface area contributed by atoms with Gasteiger partial charge in [-0.25, -0.2) is 0 Å². The lowest BCUT2D eigenvalue weighted by Crippen LogP contribution is -2.07. The summed E-state index contributed by atoms with van der Waals surface area (Å²) in [6.07, 6.45) is 0.307. The number of hydrogen-bond acceptors (Lipinski definition) is 2. The molecular weight excluding hydrogens is 188 g/mol. The molecule has 0 aliphatic carbocycles. The van der Waals surface area contributed by atoms with Crippen molar-refractivity contribution in [2.75, 3.05) is 7.11 Å². The SMILES string of the molecule is CC#CC(CC(=O)OC)c1ccccc1. The van der Waals surface area contributed by atoms with Gasteiger partial charge in [0, 0.05) is 0 Å². The largest absolute Gasteiger partial charge is 0.469 e. The third-order valence-corrected chi connectivity index (χ3v) is 2.12. The number of rotatable bonds is 3. The molecule has 1 unspecified atom stereocenters. The average molecular weight is 202 g/mol. The van der Waals surface area contributed by atoms with Gasteiger partial charge in [0.1, 0.15) is 0 Å². The number of carbonyl (C=O) groups is 1. The molecule has 1 rings (SSSR count). The number of carbonyl (C=O) groups excluding carboxylic acids is 1. The zero-order chi connectivity index (χ0) is 11.1. The molecule has 0 fully saturated rings. The Kier molecular flexibility index (Phi) is 4.43. The lowest BCUT2D eigenvalue weighted by atomic mass is 9.96. The summed E-state index contributed by atoms with van der Waals surface area (Å²) in [6, 6.07) is 9.77. The van der Waals surface area contributed by atoms with Gasteiger partial charge < -0.3 is 4.74 Å². The molecule has 0 N–H and O–H groups in total. The van der Waals surface area contributed by atoms with Crippen LogP contribution in [0, 0.1) is 11.8 Å². The van der Waals surface area contributed by atoms with Crippen LogP contribution in [0.3, 0.4) is 0 Å². The topological polar surface area (TPSA) is 26.3 Å². The van der Waals surface area contributed by atoms with E-state index in [0.29, 0.717) is 6.42 Å². The fraction of sp³-hybridized carbons (Fsp3) is 0.308. The van der Waals surface area contributed by atoms with Crippen molar-refractivity contribution in [3.63, 3.8) is 0 Å². The third kappa shape index (κ3) is 3.47. The maximum absolute atomic E-state index is 11.2. The quantitative estimate of drug-likeness (QED) is 0.555. The predicted molar refractivity (Wildman–Crippen MR) is 59.3 cm³/mol. The number of benzene rings is 1. The molecule has 2 heteroatoms. The Morgan fingerprint density at radius 1 is 1.40 bits per heavy atom. The average Bonchev–Trinajstić information content (AvgIpc) is 2.29. The van der Waals surface area contributed by atoms with Crippen molar-refractivity contribution in [1.82, 2.24) is 0 Å². The van der Waals surface area contributed by atoms with Crippen molar-refractivity contribution in [1.29, 1.82) is 0 Å². The summed E-state index contributed by atoms with van der Waals surface area (Å²) < 4.78 is 4.64. The highest BCUT2D eigenvalue weighted by Crippen LogP contribution is 2.18. The van der Waals surface area contributed by atoms with Crippen LogP contribution in [0.2, 0.25) is 0 Å². The van der Waals surface area contributed by atoms with E-state index < -0.39 is 0 Å². The Morgan fingerprint density at radius 2 is 2.07 bits per heavy atom. The fourth-order valence-corrected chi connectivity index (χ4v) is 1.36. The number of hydrogen-bond donors (Lipinski definition) is 0. The van der Waals surface area contributed by atoms with E-state index in [0.717, 1.165) is 5.56 Å². The predicted octanol–water partition coefficient (Wildman–Crippen LogP) is 2.36. The standard InChI is InChI=1S/C13H14O2/c1-3-7-12(10-13(14)15-2)11-8-5-4-6-9-11/h4-6,8-9,12H,10H2,1-2H3. The molecule has 0 saturated heterocycles. The minimum absolute atomic E-state index is 0.0661. The fourth-order valence-electron chi connectivity index (χ4n) is 1.36. The highest BCUT2D eigenvalue weighted by atomic mass is 16.5. The van der Waals surface area contributed by atoms with Gasteiger partial charge in [-0.3, -0.25) is 4.79 Å². The molecule has 0 aliphatic rings. The lowest BCUT2D eigenvalue weighted by molar-refractivity contribution is -0.140. The van der Waals surface area contributed by atoms with Gasteiger partial charge in [0.15, 0.2) is 0 Å². The molecule has 1 aromatic rings. The first kappa shape index (κ1) is 11.3. The summed E-state index contributed by atoms with van der Waals surface area (Å²) in [5.41, 5.74) is 1.05.